The molecule has 1 aromatic heterocycles. The molecule has 0 atom stereocenters. The minimum absolute atomic E-state index is 0.177. The van der Waals surface area contributed by atoms with E-state index in [4.69, 9.17) is 0 Å². The molecule has 0 amide bonds. The van der Waals surface area contributed by atoms with Crippen molar-refractivity contribution in [1.29, 1.82) is 0 Å². The molecule has 1 aromatic carbocycles. The van der Waals surface area contributed by atoms with Crippen LogP contribution in [0, 0.1) is 5.82 Å². The molecule has 0 saturated heterocycles. The highest BCUT2D eigenvalue weighted by molar-refractivity contribution is 5.87. The third-order valence-corrected chi connectivity index (χ3v) is 2.45. The van der Waals surface area contributed by atoms with Crippen LogP contribution < -0.4 is 0 Å². The number of aromatic nitrogens is 2. The van der Waals surface area contributed by atoms with Gasteiger partial charge >= 0.3 is 5.97 Å². The molecule has 5 heteroatoms. The van der Waals surface area contributed by atoms with E-state index >= 15 is 0 Å². The van der Waals surface area contributed by atoms with E-state index < -0.39 is 11.8 Å². The summed E-state index contributed by atoms with van der Waals surface area (Å²) >= 11 is 0. The molecular weight excluding hydrogens is 235 g/mol. The molecule has 0 fully saturated rings. The normalized spacial score (nSPS) is 10.1. The molecule has 1 heterocycles. The van der Waals surface area contributed by atoms with Gasteiger partial charge in [-0.05, 0) is 5.56 Å². The molecule has 2 rings (SSSR count). The summed E-state index contributed by atoms with van der Waals surface area (Å²) in [6.45, 7) is 0. The second-order valence-corrected chi connectivity index (χ2v) is 3.64. The zero-order chi connectivity index (χ0) is 13.0. The molecular formula is C13H11FN2O2. The van der Waals surface area contributed by atoms with E-state index in [2.05, 4.69) is 14.7 Å². The highest BCUT2D eigenvalue weighted by atomic mass is 19.1. The number of carbonyl (C=O) groups excluding carboxylic acids is 1. The van der Waals surface area contributed by atoms with Gasteiger partial charge in [0.15, 0.2) is 11.5 Å². The molecule has 0 N–H and O–H groups in total. The van der Waals surface area contributed by atoms with Gasteiger partial charge in [0, 0.05) is 6.42 Å². The summed E-state index contributed by atoms with van der Waals surface area (Å²) in [5, 5.41) is 0. The predicted molar refractivity (Wildman–Crippen MR) is 62.6 cm³/mol. The quantitative estimate of drug-likeness (QED) is 0.777. The number of hydrogen-bond acceptors (Lipinski definition) is 4. The van der Waals surface area contributed by atoms with Crippen molar-refractivity contribution in [3.63, 3.8) is 0 Å². The average Bonchev–Trinajstić information content (AvgIpc) is 2.41. The molecule has 18 heavy (non-hydrogen) atoms. The van der Waals surface area contributed by atoms with E-state index in [9.17, 15) is 9.18 Å². The van der Waals surface area contributed by atoms with Crippen molar-refractivity contribution in [3.05, 3.63) is 59.4 Å². The lowest BCUT2D eigenvalue weighted by Crippen LogP contribution is -2.11. The molecule has 4 nitrogen and oxygen atoms in total. The number of methoxy groups -OCH3 is 1. The SMILES string of the molecule is COC(=O)c1ncnc(Cc2ccccc2)c1F. The van der Waals surface area contributed by atoms with Gasteiger partial charge < -0.3 is 4.74 Å². The summed E-state index contributed by atoms with van der Waals surface area (Å²) in [6.07, 6.45) is 1.47. The van der Waals surface area contributed by atoms with Crippen LogP contribution in [0.1, 0.15) is 21.7 Å². The number of carbonyl (C=O) groups is 1. The first kappa shape index (κ1) is 12.2. The lowest BCUT2D eigenvalue weighted by atomic mass is 10.1. The number of halogens is 1. The van der Waals surface area contributed by atoms with Crippen LogP contribution in [0.3, 0.4) is 0 Å². The van der Waals surface area contributed by atoms with Gasteiger partial charge in [0.2, 0.25) is 0 Å². The molecule has 0 aliphatic carbocycles. The summed E-state index contributed by atoms with van der Waals surface area (Å²) in [5.74, 6) is -1.53. The largest absolute Gasteiger partial charge is 0.464 e. The minimum Gasteiger partial charge on any atom is -0.464 e. The number of hydrogen-bond donors (Lipinski definition) is 0. The molecule has 0 bridgehead atoms. The molecule has 0 aliphatic rings. The van der Waals surface area contributed by atoms with Crippen LogP contribution in [0.2, 0.25) is 0 Å². The Morgan fingerprint density at radius 1 is 1.28 bits per heavy atom. The summed E-state index contributed by atoms with van der Waals surface area (Å²) in [5.41, 5.74) is 0.751. The van der Waals surface area contributed by atoms with Gasteiger partial charge in [0.05, 0.1) is 12.8 Å². The van der Waals surface area contributed by atoms with Gasteiger partial charge in [-0.3, -0.25) is 0 Å². The highest BCUT2D eigenvalue weighted by Gasteiger charge is 2.18. The maximum atomic E-state index is 14.0. The first-order chi connectivity index (χ1) is 8.72. The molecule has 2 aromatic rings. The van der Waals surface area contributed by atoms with Crippen molar-refractivity contribution in [1.82, 2.24) is 9.97 Å². The van der Waals surface area contributed by atoms with E-state index in [0.29, 0.717) is 6.42 Å². The van der Waals surface area contributed by atoms with Crippen LogP contribution in [0.4, 0.5) is 4.39 Å². The van der Waals surface area contributed by atoms with Gasteiger partial charge in [0.1, 0.15) is 6.33 Å². The van der Waals surface area contributed by atoms with Crippen LogP contribution in [-0.4, -0.2) is 23.0 Å². The van der Waals surface area contributed by atoms with Gasteiger partial charge in [-0.25, -0.2) is 19.2 Å². The maximum Gasteiger partial charge on any atom is 0.359 e. The number of nitrogens with zero attached hydrogens (tertiary/aromatic N) is 2. The Hall–Kier alpha value is -2.30. The molecule has 0 spiro atoms. The van der Waals surface area contributed by atoms with Crippen molar-refractivity contribution < 1.29 is 13.9 Å². The Morgan fingerprint density at radius 3 is 2.67 bits per heavy atom. The number of ether oxygens (including phenoxy) is 1. The van der Waals surface area contributed by atoms with Gasteiger partial charge in [-0.2, -0.15) is 0 Å². The summed E-state index contributed by atoms with van der Waals surface area (Å²) in [4.78, 5) is 18.7. The van der Waals surface area contributed by atoms with Crippen LogP contribution in [0.15, 0.2) is 36.7 Å². The third-order valence-electron chi connectivity index (χ3n) is 2.45. The van der Waals surface area contributed by atoms with Crippen molar-refractivity contribution in [3.8, 4) is 0 Å². The topological polar surface area (TPSA) is 52.1 Å². The van der Waals surface area contributed by atoms with Crippen molar-refractivity contribution in [2.75, 3.05) is 7.11 Å². The van der Waals surface area contributed by atoms with E-state index in [0.717, 1.165) is 11.9 Å². The van der Waals surface area contributed by atoms with E-state index in [1.807, 2.05) is 30.3 Å². The van der Waals surface area contributed by atoms with E-state index in [-0.39, 0.29) is 11.4 Å². The van der Waals surface area contributed by atoms with Crippen LogP contribution in [-0.2, 0) is 11.2 Å². The lowest BCUT2D eigenvalue weighted by Gasteiger charge is -2.05. The number of benzene rings is 1. The fourth-order valence-electron chi connectivity index (χ4n) is 1.56. The molecule has 0 saturated carbocycles. The Morgan fingerprint density at radius 2 is 2.00 bits per heavy atom. The predicted octanol–water partition coefficient (Wildman–Crippen LogP) is 1.99. The zero-order valence-corrected chi connectivity index (χ0v) is 9.76. The Kier molecular flexibility index (Phi) is 3.62. The summed E-state index contributed by atoms with van der Waals surface area (Å²) < 4.78 is 18.4. The van der Waals surface area contributed by atoms with Crippen LogP contribution in [0.25, 0.3) is 0 Å². The average molecular weight is 246 g/mol. The fourth-order valence-corrected chi connectivity index (χ4v) is 1.56. The summed E-state index contributed by atoms with van der Waals surface area (Å²) in [6, 6.07) is 9.31. The van der Waals surface area contributed by atoms with Crippen LogP contribution in [0.5, 0.6) is 0 Å². The molecule has 92 valence electrons. The second kappa shape index (κ2) is 5.35. The van der Waals surface area contributed by atoms with E-state index in [1.165, 1.54) is 7.11 Å². The zero-order valence-electron chi connectivity index (χ0n) is 9.76. The van der Waals surface area contributed by atoms with Crippen molar-refractivity contribution >= 4 is 5.97 Å². The van der Waals surface area contributed by atoms with E-state index in [1.54, 1.807) is 0 Å². The van der Waals surface area contributed by atoms with Gasteiger partial charge in [-0.15, -0.1) is 0 Å². The Bertz CT molecular complexity index is 558. The Balaban J connectivity index is 2.32. The fraction of sp³-hybridized carbons (Fsp3) is 0.154. The van der Waals surface area contributed by atoms with Crippen molar-refractivity contribution in [2.24, 2.45) is 0 Å². The van der Waals surface area contributed by atoms with Crippen LogP contribution >= 0.6 is 0 Å². The molecule has 0 aliphatic heterocycles. The Labute approximate surface area is 103 Å². The smallest absolute Gasteiger partial charge is 0.359 e. The molecule has 0 radical (unpaired) electrons. The van der Waals surface area contributed by atoms with Gasteiger partial charge in [0.25, 0.3) is 0 Å². The third kappa shape index (κ3) is 2.51. The monoisotopic (exact) mass is 246 g/mol. The number of rotatable bonds is 3. The highest BCUT2D eigenvalue weighted by Crippen LogP contribution is 2.13. The first-order valence-electron chi connectivity index (χ1n) is 5.34. The first-order valence-corrected chi connectivity index (χ1v) is 5.34. The number of esters is 1. The summed E-state index contributed by atoms with van der Waals surface area (Å²) in [7, 11) is 1.18. The minimum atomic E-state index is -0.802. The van der Waals surface area contributed by atoms with Gasteiger partial charge in [-0.1, -0.05) is 30.3 Å². The standard InChI is InChI=1S/C13H11FN2O2/c1-18-13(17)12-11(14)10(15-8-16-12)7-9-5-3-2-4-6-9/h2-6,8H,7H2,1H3. The lowest BCUT2D eigenvalue weighted by molar-refractivity contribution is 0.0587. The van der Waals surface area contributed by atoms with Crippen molar-refractivity contribution in [2.45, 2.75) is 6.42 Å². The maximum absolute atomic E-state index is 14.0. The molecule has 0 unspecified atom stereocenters. The second-order valence-electron chi connectivity index (χ2n) is 3.64.